The van der Waals surface area contributed by atoms with Gasteiger partial charge in [0.1, 0.15) is 0 Å². The Morgan fingerprint density at radius 3 is 1.94 bits per heavy atom. The number of benzene rings is 8. The zero-order valence-corrected chi connectivity index (χ0v) is 38.3. The molecule has 9 aromatic rings. The van der Waals surface area contributed by atoms with Crippen LogP contribution in [0.4, 0.5) is 11.4 Å². The van der Waals surface area contributed by atoms with Crippen LogP contribution in [0.15, 0.2) is 164 Å². The SMILES string of the molecule is c1ccc(-c2ccc(N3B4c5c(cc(-c6ccccc6)cc5-n5c6ccc(C78CC9CC%10CC(C7)C%1098)cc6c6cc(C78CC9CC%10CC(C7)C8C%109)cc4c65)-c4cc5ccccc5cc43)cc2)cc1. The van der Waals surface area contributed by atoms with E-state index in [1.807, 2.05) is 0 Å². The monoisotopic (exact) mass is 870 g/mol. The van der Waals surface area contributed by atoms with E-state index in [0.29, 0.717) is 16.2 Å². The Hall–Kier alpha value is -6.32. The summed E-state index contributed by atoms with van der Waals surface area (Å²) in [6.07, 6.45) is 11.7. The zero-order chi connectivity index (χ0) is 43.6. The molecule has 0 saturated heterocycles. The van der Waals surface area contributed by atoms with Crippen molar-refractivity contribution >= 4 is 61.7 Å². The van der Waals surface area contributed by atoms with E-state index < -0.39 is 0 Å². The second-order valence-electron chi connectivity index (χ2n) is 24.2. The number of nitrogens with zero attached hydrogens (tertiary/aromatic N) is 2. The van der Waals surface area contributed by atoms with Crippen molar-refractivity contribution < 1.29 is 0 Å². The highest BCUT2D eigenvalue weighted by Crippen LogP contribution is 2.92. The molecular formula is C65H51BN2. The minimum absolute atomic E-state index is 0.00416. The van der Waals surface area contributed by atoms with Crippen molar-refractivity contribution in [1.29, 1.82) is 0 Å². The van der Waals surface area contributed by atoms with Gasteiger partial charge in [-0.25, -0.2) is 0 Å². The van der Waals surface area contributed by atoms with E-state index in [9.17, 15) is 0 Å². The van der Waals surface area contributed by atoms with Crippen LogP contribution < -0.4 is 15.7 Å². The first-order valence-electron chi connectivity index (χ1n) is 26.4. The number of hydrogen-bond acceptors (Lipinski definition) is 1. The van der Waals surface area contributed by atoms with Crippen LogP contribution in [0.1, 0.15) is 62.5 Å². The van der Waals surface area contributed by atoms with Gasteiger partial charge in [0.25, 0.3) is 0 Å². The first-order chi connectivity index (χ1) is 33.6. The third-order valence-corrected chi connectivity index (χ3v) is 22.3. The summed E-state index contributed by atoms with van der Waals surface area (Å²) in [5, 5.41) is 5.61. The van der Waals surface area contributed by atoms with Crippen LogP contribution in [0.5, 0.6) is 0 Å². The van der Waals surface area contributed by atoms with Gasteiger partial charge in [-0.3, -0.25) is 0 Å². The van der Waals surface area contributed by atoms with Gasteiger partial charge >= 0.3 is 6.85 Å². The number of rotatable bonds is 5. The Balaban J connectivity index is 0.928. The first-order valence-corrected chi connectivity index (χ1v) is 26.4. The largest absolute Gasteiger partial charge is 0.376 e. The normalized spacial score (nSPS) is 33.5. The number of anilines is 2. The lowest BCUT2D eigenvalue weighted by Gasteiger charge is -2.91. The van der Waals surface area contributed by atoms with E-state index >= 15 is 0 Å². The van der Waals surface area contributed by atoms with Gasteiger partial charge < -0.3 is 9.38 Å². The van der Waals surface area contributed by atoms with Gasteiger partial charge in [0, 0.05) is 38.8 Å². The number of aromatic nitrogens is 1. The summed E-state index contributed by atoms with van der Waals surface area (Å²) in [5.74, 6) is 7.70. The van der Waals surface area contributed by atoms with E-state index in [-0.39, 0.29) is 6.85 Å². The molecule has 19 rings (SSSR count). The minimum atomic E-state index is 0.00416. The average Bonchev–Trinajstić information content (AvgIpc) is 3.87. The Morgan fingerprint density at radius 1 is 0.485 bits per heavy atom. The fraction of sp³-hybridized carbons (Fsp3) is 0.292. The molecule has 1 aromatic heterocycles. The number of hydrogen-bond donors (Lipinski definition) is 0. The molecule has 8 aromatic carbocycles. The second kappa shape index (κ2) is 11.6. The van der Waals surface area contributed by atoms with Crippen molar-refractivity contribution in [3.8, 4) is 39.1 Å². The third-order valence-electron chi connectivity index (χ3n) is 22.3. The van der Waals surface area contributed by atoms with Crippen LogP contribution >= 0.6 is 0 Å². The van der Waals surface area contributed by atoms with Crippen molar-refractivity contribution in [1.82, 2.24) is 4.57 Å². The lowest BCUT2D eigenvalue weighted by molar-refractivity contribution is -0.395. The molecule has 8 unspecified atom stereocenters. The Bertz CT molecular complexity index is 3770. The predicted octanol–water partition coefficient (Wildman–Crippen LogP) is 14.1. The van der Waals surface area contributed by atoms with Crippen molar-refractivity contribution in [2.24, 2.45) is 52.8 Å². The van der Waals surface area contributed by atoms with E-state index in [2.05, 4.69) is 173 Å². The van der Waals surface area contributed by atoms with Crippen LogP contribution in [0.25, 0.3) is 71.6 Å². The zero-order valence-electron chi connectivity index (χ0n) is 38.3. The van der Waals surface area contributed by atoms with Gasteiger partial charge in [-0.2, -0.15) is 0 Å². The summed E-state index contributed by atoms with van der Waals surface area (Å²) < 4.78 is 2.78. The molecule has 0 N–H and O–H groups in total. The molecule has 0 bridgehead atoms. The maximum atomic E-state index is 2.82. The Labute approximate surface area is 398 Å². The smallest absolute Gasteiger partial charge is 0.333 e. The fourth-order valence-electron chi connectivity index (χ4n) is 20.1. The molecule has 68 heavy (non-hydrogen) atoms. The molecule has 0 radical (unpaired) electrons. The van der Waals surface area contributed by atoms with Crippen LogP contribution in [-0.4, -0.2) is 11.4 Å². The Kier molecular flexibility index (Phi) is 6.09. The highest BCUT2D eigenvalue weighted by Gasteiger charge is 2.87. The van der Waals surface area contributed by atoms with Crippen LogP contribution in [0, 0.1) is 52.8 Å². The predicted molar refractivity (Wildman–Crippen MR) is 279 cm³/mol. The van der Waals surface area contributed by atoms with E-state index in [0.717, 1.165) is 47.3 Å². The standard InChI is InChI=1S/C65H51BN2/c1-3-9-36(10-4-1)38-15-18-50(19-16-38)68-57-25-40-14-8-7-13-39(40)23-51(57)53-24-41(37-11-5-2-6-12-37)26-58-61(53)66(68)55-31-46(63-32-43-21-42-22-44(33-63)60(63)59(42)43)30-54-52-29-45(17-20-56(52)67(58)62(54)55)64-34-48-27-47-28-49(35-64)65(47,48)64/h1-20,23-26,29-31,42-44,47-49,59-60H,21-22,27-28,32-35H2. The summed E-state index contributed by atoms with van der Waals surface area (Å²) >= 11 is 0. The van der Waals surface area contributed by atoms with E-state index in [4.69, 9.17) is 0 Å². The topological polar surface area (TPSA) is 8.17 Å². The summed E-state index contributed by atoms with van der Waals surface area (Å²) in [6.45, 7) is 0.00416. The van der Waals surface area contributed by atoms with Crippen molar-refractivity contribution in [2.75, 3.05) is 4.81 Å². The van der Waals surface area contributed by atoms with Crippen LogP contribution in [0.2, 0.25) is 0 Å². The maximum Gasteiger partial charge on any atom is 0.333 e. The molecule has 3 heteroatoms. The van der Waals surface area contributed by atoms with Crippen molar-refractivity contribution in [3.63, 3.8) is 0 Å². The molecule has 2 aliphatic heterocycles. The molecule has 2 nitrogen and oxygen atoms in total. The van der Waals surface area contributed by atoms with Crippen LogP contribution in [-0.2, 0) is 10.8 Å². The molecule has 8 fully saturated rings. The molecule has 3 heterocycles. The summed E-state index contributed by atoms with van der Waals surface area (Å²) in [4.78, 5) is 2.79. The van der Waals surface area contributed by atoms with E-state index in [1.165, 1.54) is 145 Å². The van der Waals surface area contributed by atoms with Gasteiger partial charge in [0.15, 0.2) is 0 Å². The molecule has 324 valence electrons. The summed E-state index contributed by atoms with van der Waals surface area (Å²) in [7, 11) is 0. The highest BCUT2D eigenvalue weighted by atomic mass is 15.1. The molecule has 1 spiro atoms. The van der Waals surface area contributed by atoms with E-state index in [1.54, 1.807) is 11.1 Å². The third kappa shape index (κ3) is 3.80. The summed E-state index contributed by atoms with van der Waals surface area (Å²) in [5.41, 5.74) is 22.3. The van der Waals surface area contributed by atoms with Gasteiger partial charge in [-0.1, -0.05) is 109 Å². The van der Waals surface area contributed by atoms with Gasteiger partial charge in [0.05, 0.1) is 11.0 Å². The quantitative estimate of drug-likeness (QED) is 0.156. The maximum absolute atomic E-state index is 2.82. The van der Waals surface area contributed by atoms with Crippen LogP contribution in [0.3, 0.4) is 0 Å². The van der Waals surface area contributed by atoms with Gasteiger partial charge in [0.2, 0.25) is 0 Å². The first kappa shape index (κ1) is 35.8. The average molecular weight is 871 g/mol. The van der Waals surface area contributed by atoms with Gasteiger partial charge in [-0.15, -0.1) is 0 Å². The molecule has 10 aliphatic rings. The highest BCUT2D eigenvalue weighted by molar-refractivity contribution is 6.93. The minimum Gasteiger partial charge on any atom is -0.376 e. The molecular weight excluding hydrogens is 820 g/mol. The molecule has 8 aliphatic carbocycles. The van der Waals surface area contributed by atoms with Gasteiger partial charge in [-0.05, 0) is 225 Å². The molecule has 8 atom stereocenters. The van der Waals surface area contributed by atoms with Crippen molar-refractivity contribution in [3.05, 3.63) is 175 Å². The molecule has 0 amide bonds. The second-order valence-corrected chi connectivity index (χ2v) is 24.2. The lowest BCUT2D eigenvalue weighted by atomic mass is 9.12. The number of fused-ring (bicyclic) bond motifs is 8. The fourth-order valence-corrected chi connectivity index (χ4v) is 20.1. The van der Waals surface area contributed by atoms with Crippen molar-refractivity contribution in [2.45, 2.75) is 62.2 Å². The lowest BCUT2D eigenvalue weighted by Crippen LogP contribution is -2.87. The summed E-state index contributed by atoms with van der Waals surface area (Å²) in [6, 6.07) is 64.6. The molecule has 8 saturated carbocycles. The Morgan fingerprint density at radius 2 is 1.18 bits per heavy atom.